The average molecular weight is 293 g/mol. The van der Waals surface area contributed by atoms with Gasteiger partial charge in [0.2, 0.25) is 0 Å². The maximum atomic E-state index is 12.3. The molecule has 0 spiro atoms. The van der Waals surface area contributed by atoms with Crippen LogP contribution < -0.4 is 10.9 Å². The van der Waals surface area contributed by atoms with Gasteiger partial charge in [-0.1, -0.05) is 18.2 Å². The number of carbonyl (C=O) groups excluding carboxylic acids is 1. The van der Waals surface area contributed by atoms with Gasteiger partial charge in [-0.15, -0.1) is 0 Å². The third-order valence-corrected chi connectivity index (χ3v) is 3.60. The first-order valence-corrected chi connectivity index (χ1v) is 6.96. The molecule has 110 valence electrons. The van der Waals surface area contributed by atoms with Crippen molar-refractivity contribution < 1.29 is 9.21 Å². The zero-order valence-corrected chi connectivity index (χ0v) is 12.3. The molecule has 0 saturated heterocycles. The van der Waals surface area contributed by atoms with Gasteiger partial charge < -0.3 is 9.73 Å². The van der Waals surface area contributed by atoms with Crippen LogP contribution >= 0.6 is 0 Å². The van der Waals surface area contributed by atoms with Crippen LogP contribution in [-0.4, -0.2) is 5.91 Å². The SMILES string of the molecule is Cc1ccccc1C(=O)Nc1ccc2c(C)cc(=O)oc2c1. The van der Waals surface area contributed by atoms with Crippen molar-refractivity contribution >= 4 is 22.6 Å². The molecule has 4 heteroatoms. The molecular formula is C18H15NO3. The van der Waals surface area contributed by atoms with E-state index in [0.29, 0.717) is 16.8 Å². The van der Waals surface area contributed by atoms with E-state index in [0.717, 1.165) is 16.5 Å². The van der Waals surface area contributed by atoms with Crippen molar-refractivity contribution in [2.24, 2.45) is 0 Å². The molecule has 1 N–H and O–H groups in total. The van der Waals surface area contributed by atoms with Crippen molar-refractivity contribution in [3.63, 3.8) is 0 Å². The Balaban J connectivity index is 1.96. The largest absolute Gasteiger partial charge is 0.423 e. The summed E-state index contributed by atoms with van der Waals surface area (Å²) >= 11 is 0. The molecule has 2 aromatic carbocycles. The molecule has 0 aliphatic rings. The highest BCUT2D eigenvalue weighted by molar-refractivity contribution is 6.05. The Labute approximate surface area is 127 Å². The first-order valence-electron chi connectivity index (χ1n) is 6.96. The smallest absolute Gasteiger partial charge is 0.336 e. The van der Waals surface area contributed by atoms with Crippen molar-refractivity contribution in [1.29, 1.82) is 0 Å². The second kappa shape index (κ2) is 5.48. The van der Waals surface area contributed by atoms with Crippen LogP contribution in [0.5, 0.6) is 0 Å². The summed E-state index contributed by atoms with van der Waals surface area (Å²) in [4.78, 5) is 23.8. The Morgan fingerprint density at radius 3 is 2.55 bits per heavy atom. The lowest BCUT2D eigenvalue weighted by atomic mass is 10.1. The highest BCUT2D eigenvalue weighted by Crippen LogP contribution is 2.21. The Kier molecular flexibility index (Phi) is 3.51. The quantitative estimate of drug-likeness (QED) is 0.733. The Morgan fingerprint density at radius 2 is 1.77 bits per heavy atom. The summed E-state index contributed by atoms with van der Waals surface area (Å²) in [6.45, 7) is 3.74. The van der Waals surface area contributed by atoms with Crippen LogP contribution in [0.15, 0.2) is 57.7 Å². The molecule has 0 radical (unpaired) electrons. The molecule has 4 nitrogen and oxygen atoms in total. The summed E-state index contributed by atoms with van der Waals surface area (Å²) in [5.41, 5.74) is 3.04. The number of fused-ring (bicyclic) bond motifs is 1. The van der Waals surface area contributed by atoms with Crippen LogP contribution in [0.4, 0.5) is 5.69 Å². The van der Waals surface area contributed by atoms with Crippen LogP contribution in [0.1, 0.15) is 21.5 Å². The molecule has 1 heterocycles. The number of nitrogens with one attached hydrogen (secondary N) is 1. The standard InChI is InChI=1S/C18H15NO3/c1-11-5-3-4-6-15(11)18(21)19-13-7-8-14-12(2)9-17(20)22-16(14)10-13/h3-10H,1-2H3,(H,19,21). The van der Waals surface area contributed by atoms with E-state index in [2.05, 4.69) is 5.32 Å². The van der Waals surface area contributed by atoms with E-state index in [1.165, 1.54) is 6.07 Å². The lowest BCUT2D eigenvalue weighted by molar-refractivity contribution is 0.102. The van der Waals surface area contributed by atoms with Crippen LogP contribution in [-0.2, 0) is 0 Å². The zero-order valence-electron chi connectivity index (χ0n) is 12.3. The molecule has 1 amide bonds. The molecule has 22 heavy (non-hydrogen) atoms. The van der Waals surface area contributed by atoms with Gasteiger partial charge >= 0.3 is 5.63 Å². The van der Waals surface area contributed by atoms with Crippen LogP contribution in [0, 0.1) is 13.8 Å². The third kappa shape index (κ3) is 2.63. The van der Waals surface area contributed by atoms with E-state index >= 15 is 0 Å². The Bertz CT molecular complexity index is 925. The fourth-order valence-corrected chi connectivity index (χ4v) is 2.43. The van der Waals surface area contributed by atoms with E-state index < -0.39 is 5.63 Å². The topological polar surface area (TPSA) is 59.3 Å². The van der Waals surface area contributed by atoms with Gasteiger partial charge in [-0.05, 0) is 43.2 Å². The van der Waals surface area contributed by atoms with Crippen molar-refractivity contribution in [3.8, 4) is 0 Å². The normalized spacial score (nSPS) is 10.6. The fraction of sp³-hybridized carbons (Fsp3) is 0.111. The van der Waals surface area contributed by atoms with Crippen LogP contribution in [0.3, 0.4) is 0 Å². The molecule has 3 rings (SSSR count). The number of amides is 1. The van der Waals surface area contributed by atoms with Crippen molar-refractivity contribution in [2.75, 3.05) is 5.32 Å². The van der Waals surface area contributed by atoms with E-state index in [1.54, 1.807) is 18.2 Å². The maximum absolute atomic E-state index is 12.3. The predicted octanol–water partition coefficient (Wildman–Crippen LogP) is 3.66. The Hall–Kier alpha value is -2.88. The summed E-state index contributed by atoms with van der Waals surface area (Å²) in [6, 6.07) is 14.1. The number of aryl methyl sites for hydroxylation is 2. The molecule has 0 unspecified atom stereocenters. The zero-order chi connectivity index (χ0) is 15.7. The third-order valence-electron chi connectivity index (χ3n) is 3.60. The second-order valence-corrected chi connectivity index (χ2v) is 5.23. The monoisotopic (exact) mass is 293 g/mol. The minimum absolute atomic E-state index is 0.188. The van der Waals surface area contributed by atoms with Gasteiger partial charge in [0.05, 0.1) is 0 Å². The summed E-state index contributed by atoms with van der Waals surface area (Å²) in [6.07, 6.45) is 0. The number of anilines is 1. The minimum Gasteiger partial charge on any atom is -0.423 e. The van der Waals surface area contributed by atoms with E-state index in [9.17, 15) is 9.59 Å². The van der Waals surface area contributed by atoms with Gasteiger partial charge in [0.15, 0.2) is 0 Å². The molecule has 3 aromatic rings. The average Bonchev–Trinajstić information content (AvgIpc) is 2.47. The van der Waals surface area contributed by atoms with E-state index in [4.69, 9.17) is 4.42 Å². The van der Waals surface area contributed by atoms with E-state index in [-0.39, 0.29) is 5.91 Å². The van der Waals surface area contributed by atoms with Crippen molar-refractivity contribution in [3.05, 3.63) is 75.6 Å². The molecule has 0 aliphatic carbocycles. The maximum Gasteiger partial charge on any atom is 0.336 e. The van der Waals surface area contributed by atoms with E-state index in [1.807, 2.05) is 38.1 Å². The first-order chi connectivity index (χ1) is 10.5. The number of rotatable bonds is 2. The number of carbonyl (C=O) groups is 1. The summed E-state index contributed by atoms with van der Waals surface area (Å²) in [5, 5.41) is 3.68. The van der Waals surface area contributed by atoms with Gasteiger partial charge in [0, 0.05) is 28.8 Å². The molecule has 0 saturated carbocycles. The highest BCUT2D eigenvalue weighted by Gasteiger charge is 2.10. The lowest BCUT2D eigenvalue weighted by Crippen LogP contribution is -2.13. The number of hydrogen-bond acceptors (Lipinski definition) is 3. The molecule has 0 atom stereocenters. The highest BCUT2D eigenvalue weighted by atomic mass is 16.4. The van der Waals surface area contributed by atoms with Crippen molar-refractivity contribution in [2.45, 2.75) is 13.8 Å². The molecule has 0 fully saturated rings. The molecular weight excluding hydrogens is 278 g/mol. The Morgan fingerprint density at radius 1 is 1.00 bits per heavy atom. The lowest BCUT2D eigenvalue weighted by Gasteiger charge is -2.08. The van der Waals surface area contributed by atoms with Gasteiger partial charge in [0.25, 0.3) is 5.91 Å². The van der Waals surface area contributed by atoms with Crippen LogP contribution in [0.25, 0.3) is 11.0 Å². The number of hydrogen-bond donors (Lipinski definition) is 1. The van der Waals surface area contributed by atoms with Gasteiger partial charge in [-0.3, -0.25) is 4.79 Å². The molecule has 0 aliphatic heterocycles. The fourth-order valence-electron chi connectivity index (χ4n) is 2.43. The summed E-state index contributed by atoms with van der Waals surface area (Å²) in [5.74, 6) is -0.188. The number of benzene rings is 2. The van der Waals surface area contributed by atoms with Gasteiger partial charge in [-0.25, -0.2) is 4.79 Å². The van der Waals surface area contributed by atoms with Crippen LogP contribution in [0.2, 0.25) is 0 Å². The predicted molar refractivity (Wildman–Crippen MR) is 86.4 cm³/mol. The molecule has 0 bridgehead atoms. The molecule has 1 aromatic heterocycles. The first kappa shape index (κ1) is 14.1. The minimum atomic E-state index is -0.396. The van der Waals surface area contributed by atoms with Crippen molar-refractivity contribution in [1.82, 2.24) is 0 Å². The summed E-state index contributed by atoms with van der Waals surface area (Å²) in [7, 11) is 0. The van der Waals surface area contributed by atoms with Gasteiger partial charge in [0.1, 0.15) is 5.58 Å². The van der Waals surface area contributed by atoms with Gasteiger partial charge in [-0.2, -0.15) is 0 Å². The summed E-state index contributed by atoms with van der Waals surface area (Å²) < 4.78 is 5.19. The second-order valence-electron chi connectivity index (χ2n) is 5.23.